The molecule has 0 radical (unpaired) electrons. The number of carbonyl (C=O) groups is 1. The van der Waals surface area contributed by atoms with Crippen LogP contribution < -0.4 is 10.3 Å². The van der Waals surface area contributed by atoms with Gasteiger partial charge in [0.25, 0.3) is 11.6 Å². The Hall–Kier alpha value is -3.42. The van der Waals surface area contributed by atoms with Crippen molar-refractivity contribution in [3.63, 3.8) is 0 Å². The van der Waals surface area contributed by atoms with E-state index in [1.807, 2.05) is 0 Å². The van der Waals surface area contributed by atoms with Crippen LogP contribution >= 0.6 is 0 Å². The molecule has 0 bridgehead atoms. The van der Waals surface area contributed by atoms with Crippen molar-refractivity contribution in [1.82, 2.24) is 5.43 Å². The number of phenols is 1. The zero-order valence-electron chi connectivity index (χ0n) is 13.1. The maximum atomic E-state index is 11.9. The maximum Gasteiger partial charge on any atom is 0.271 e. The fraction of sp³-hybridized carbons (Fsp3) is 0.125. The molecule has 0 saturated heterocycles. The smallest absolute Gasteiger partial charge is 0.271 e. The van der Waals surface area contributed by atoms with E-state index in [-0.39, 0.29) is 17.0 Å². The first-order valence-corrected chi connectivity index (χ1v) is 6.96. The molecule has 0 aliphatic heterocycles. The van der Waals surface area contributed by atoms with E-state index >= 15 is 0 Å². The Morgan fingerprint density at radius 3 is 2.67 bits per heavy atom. The Bertz CT molecular complexity index is 802. The Kier molecular flexibility index (Phi) is 5.10. The lowest BCUT2D eigenvalue weighted by molar-refractivity contribution is -0.384. The Morgan fingerprint density at radius 1 is 1.29 bits per heavy atom. The van der Waals surface area contributed by atoms with Gasteiger partial charge in [-0.3, -0.25) is 14.9 Å². The average molecular weight is 328 g/mol. The molecule has 0 unspecified atom stereocenters. The predicted octanol–water partition coefficient (Wildman–Crippen LogP) is 2.13. The first kappa shape index (κ1) is 16.9. The lowest BCUT2D eigenvalue weighted by Crippen LogP contribution is -2.18. The number of phenolic OH excluding ortho intramolecular Hbond substituents is 1. The van der Waals surface area contributed by atoms with Gasteiger partial charge in [0.05, 0.1) is 11.1 Å². The molecule has 0 saturated carbocycles. The van der Waals surface area contributed by atoms with Crippen LogP contribution in [-0.2, 0) is 0 Å². The molecule has 1 amide bonds. The van der Waals surface area contributed by atoms with Crippen LogP contribution in [0, 0.1) is 10.1 Å². The van der Waals surface area contributed by atoms with Crippen molar-refractivity contribution in [3.8, 4) is 5.75 Å². The molecular formula is C16H16N4O4. The first-order valence-electron chi connectivity index (χ1n) is 6.96. The number of non-ortho nitro benzene ring substituents is 1. The second-order valence-electron chi connectivity index (χ2n) is 5.14. The van der Waals surface area contributed by atoms with E-state index in [1.165, 1.54) is 36.5 Å². The largest absolute Gasteiger partial charge is 0.508 e. The van der Waals surface area contributed by atoms with E-state index in [9.17, 15) is 20.0 Å². The molecule has 2 rings (SSSR count). The van der Waals surface area contributed by atoms with E-state index in [0.29, 0.717) is 5.56 Å². The van der Waals surface area contributed by atoms with Gasteiger partial charge in [0.15, 0.2) is 0 Å². The van der Waals surface area contributed by atoms with Crippen molar-refractivity contribution in [3.05, 3.63) is 63.7 Å². The predicted molar refractivity (Wildman–Crippen MR) is 90.6 cm³/mol. The SMILES string of the molecule is CN(C)c1ccc([N+](=O)[O-])cc1/C=N/NC(=O)c1cccc(O)c1. The summed E-state index contributed by atoms with van der Waals surface area (Å²) in [6.45, 7) is 0. The molecule has 2 aromatic rings. The minimum Gasteiger partial charge on any atom is -0.508 e. The number of nitrogens with one attached hydrogen (secondary N) is 1. The molecule has 0 aliphatic carbocycles. The highest BCUT2D eigenvalue weighted by atomic mass is 16.6. The van der Waals surface area contributed by atoms with E-state index in [4.69, 9.17) is 0 Å². The quantitative estimate of drug-likeness (QED) is 0.496. The number of carbonyl (C=O) groups excluding carboxylic acids is 1. The molecule has 2 aromatic carbocycles. The second kappa shape index (κ2) is 7.23. The van der Waals surface area contributed by atoms with Crippen molar-refractivity contribution < 1.29 is 14.8 Å². The van der Waals surface area contributed by atoms with Gasteiger partial charge in [0, 0.05) is 43.0 Å². The zero-order chi connectivity index (χ0) is 17.7. The summed E-state index contributed by atoms with van der Waals surface area (Å²) in [6.07, 6.45) is 1.34. The molecular weight excluding hydrogens is 312 g/mol. The summed E-state index contributed by atoms with van der Waals surface area (Å²) in [4.78, 5) is 24.1. The van der Waals surface area contributed by atoms with Gasteiger partial charge < -0.3 is 10.0 Å². The highest BCUT2D eigenvalue weighted by Crippen LogP contribution is 2.22. The third-order valence-electron chi connectivity index (χ3n) is 3.18. The Balaban J connectivity index is 2.20. The zero-order valence-corrected chi connectivity index (χ0v) is 13.1. The van der Waals surface area contributed by atoms with Crippen LogP contribution in [0.1, 0.15) is 15.9 Å². The normalized spacial score (nSPS) is 10.6. The van der Waals surface area contributed by atoms with E-state index in [1.54, 1.807) is 31.1 Å². The number of amides is 1. The number of anilines is 1. The number of hydrogen-bond acceptors (Lipinski definition) is 6. The first-order chi connectivity index (χ1) is 11.4. The average Bonchev–Trinajstić information content (AvgIpc) is 2.54. The molecule has 0 fully saturated rings. The van der Waals surface area contributed by atoms with Crippen molar-refractivity contribution in [2.24, 2.45) is 5.10 Å². The summed E-state index contributed by atoms with van der Waals surface area (Å²) in [5.74, 6) is -0.529. The number of hydrogen-bond donors (Lipinski definition) is 2. The fourth-order valence-corrected chi connectivity index (χ4v) is 2.04. The van der Waals surface area contributed by atoms with Gasteiger partial charge in [0.2, 0.25) is 0 Å². The minimum atomic E-state index is -0.501. The third kappa shape index (κ3) is 4.07. The number of nitro benzene ring substituents is 1. The van der Waals surface area contributed by atoms with Crippen LogP contribution in [0.5, 0.6) is 5.75 Å². The molecule has 2 N–H and O–H groups in total. The van der Waals surface area contributed by atoms with Crippen molar-refractivity contribution in [1.29, 1.82) is 0 Å². The number of nitrogens with zero attached hydrogens (tertiary/aromatic N) is 3. The summed E-state index contributed by atoms with van der Waals surface area (Å²) in [7, 11) is 3.59. The van der Waals surface area contributed by atoms with Crippen LogP contribution in [0.4, 0.5) is 11.4 Å². The van der Waals surface area contributed by atoms with Gasteiger partial charge in [0.1, 0.15) is 5.75 Å². The molecule has 8 heteroatoms. The van der Waals surface area contributed by atoms with Gasteiger partial charge >= 0.3 is 0 Å². The fourth-order valence-electron chi connectivity index (χ4n) is 2.04. The second-order valence-corrected chi connectivity index (χ2v) is 5.14. The molecule has 124 valence electrons. The van der Waals surface area contributed by atoms with Crippen molar-refractivity contribution in [2.75, 3.05) is 19.0 Å². The van der Waals surface area contributed by atoms with Crippen LogP contribution in [0.25, 0.3) is 0 Å². The Morgan fingerprint density at radius 2 is 2.04 bits per heavy atom. The standard InChI is InChI=1S/C16H16N4O4/c1-19(2)15-7-6-13(20(23)24)8-12(15)10-17-18-16(22)11-4-3-5-14(21)9-11/h3-10,21H,1-2H3,(H,18,22)/b17-10+. The van der Waals surface area contributed by atoms with E-state index in [0.717, 1.165) is 5.69 Å². The van der Waals surface area contributed by atoms with Crippen molar-refractivity contribution in [2.45, 2.75) is 0 Å². The minimum absolute atomic E-state index is 0.0276. The van der Waals surface area contributed by atoms with Gasteiger partial charge in [-0.15, -0.1) is 0 Å². The number of hydrazone groups is 1. The van der Waals surface area contributed by atoms with Gasteiger partial charge in [-0.2, -0.15) is 5.10 Å². The van der Waals surface area contributed by atoms with Gasteiger partial charge in [-0.05, 0) is 24.3 Å². The summed E-state index contributed by atoms with van der Waals surface area (Å²) < 4.78 is 0. The van der Waals surface area contributed by atoms with Gasteiger partial charge in [-0.25, -0.2) is 5.43 Å². The molecule has 0 atom stereocenters. The highest BCUT2D eigenvalue weighted by molar-refractivity contribution is 5.96. The van der Waals surface area contributed by atoms with E-state index in [2.05, 4.69) is 10.5 Å². The van der Waals surface area contributed by atoms with Crippen LogP contribution in [-0.4, -0.2) is 36.2 Å². The highest BCUT2D eigenvalue weighted by Gasteiger charge is 2.11. The van der Waals surface area contributed by atoms with Crippen LogP contribution in [0.15, 0.2) is 47.6 Å². The topological polar surface area (TPSA) is 108 Å². The molecule has 8 nitrogen and oxygen atoms in total. The molecule has 0 aliphatic rings. The monoisotopic (exact) mass is 328 g/mol. The third-order valence-corrected chi connectivity index (χ3v) is 3.18. The molecule has 0 aromatic heterocycles. The molecule has 0 heterocycles. The lowest BCUT2D eigenvalue weighted by Gasteiger charge is -2.14. The van der Waals surface area contributed by atoms with Crippen LogP contribution in [0.3, 0.4) is 0 Å². The molecule has 24 heavy (non-hydrogen) atoms. The van der Waals surface area contributed by atoms with Crippen molar-refractivity contribution >= 4 is 23.5 Å². The van der Waals surface area contributed by atoms with Gasteiger partial charge in [-0.1, -0.05) is 6.07 Å². The number of rotatable bonds is 5. The number of nitro groups is 1. The summed E-state index contributed by atoms with van der Waals surface area (Å²) in [5, 5.41) is 24.1. The Labute approximate surface area is 138 Å². The summed E-state index contributed by atoms with van der Waals surface area (Å²) in [6, 6.07) is 10.2. The maximum absolute atomic E-state index is 11.9. The molecule has 0 spiro atoms. The number of aromatic hydroxyl groups is 1. The van der Waals surface area contributed by atoms with E-state index < -0.39 is 10.8 Å². The summed E-state index contributed by atoms with van der Waals surface area (Å²) in [5.41, 5.74) is 3.71. The number of benzene rings is 2. The lowest BCUT2D eigenvalue weighted by atomic mass is 10.1. The summed E-state index contributed by atoms with van der Waals surface area (Å²) >= 11 is 0. The van der Waals surface area contributed by atoms with Crippen LogP contribution in [0.2, 0.25) is 0 Å².